The Bertz CT molecular complexity index is 1490. The molecule has 10 heteroatoms. The molecule has 1 saturated heterocycles. The standard InChI is InChI=1S/C26H28FN5O3S/c27-22-4-6-23(7-5-22)32-26-8-3-19(11-21(26)13-29-32)20-9-10-31(24(12-20)17-33)36(34,35)25-14-28-30(16-25)15-18-1-2-18/h3-8,11,13-14,16,18,20,24,33H,1-2,9-10,12,15,17H2/t20?,24-/m0/s1. The van der Waals surface area contributed by atoms with Gasteiger partial charge in [-0.1, -0.05) is 6.07 Å². The Kier molecular flexibility index (Phi) is 5.89. The van der Waals surface area contributed by atoms with Crippen LogP contribution in [-0.2, 0) is 16.6 Å². The molecular formula is C26H28FN5O3S. The lowest BCUT2D eigenvalue weighted by Crippen LogP contribution is -2.47. The average Bonchev–Trinajstić information content (AvgIpc) is 3.40. The first-order valence-corrected chi connectivity index (χ1v) is 13.7. The smallest absolute Gasteiger partial charge is 0.246 e. The third-order valence-electron chi connectivity index (χ3n) is 7.37. The molecule has 2 atom stereocenters. The lowest BCUT2D eigenvalue weighted by Gasteiger charge is -2.37. The van der Waals surface area contributed by atoms with Crippen LogP contribution in [-0.4, -0.2) is 56.6 Å². The van der Waals surface area contributed by atoms with Crippen LogP contribution in [0.1, 0.15) is 37.2 Å². The van der Waals surface area contributed by atoms with Crippen molar-refractivity contribution in [2.75, 3.05) is 13.2 Å². The highest BCUT2D eigenvalue weighted by molar-refractivity contribution is 7.89. The fraction of sp³-hybridized carbons (Fsp3) is 0.385. The van der Waals surface area contributed by atoms with Gasteiger partial charge >= 0.3 is 0 Å². The van der Waals surface area contributed by atoms with Gasteiger partial charge in [-0.05, 0) is 79.5 Å². The Balaban J connectivity index is 1.21. The van der Waals surface area contributed by atoms with Crippen LogP contribution in [0.4, 0.5) is 4.39 Å². The minimum atomic E-state index is -3.74. The molecule has 1 unspecified atom stereocenters. The summed E-state index contributed by atoms with van der Waals surface area (Å²) in [6.45, 7) is 0.844. The number of benzene rings is 2. The van der Waals surface area contributed by atoms with Gasteiger partial charge in [0.2, 0.25) is 10.0 Å². The molecule has 1 saturated carbocycles. The molecule has 36 heavy (non-hydrogen) atoms. The predicted molar refractivity (Wildman–Crippen MR) is 133 cm³/mol. The van der Waals surface area contributed by atoms with E-state index in [4.69, 9.17) is 0 Å². The Hall–Kier alpha value is -3.08. The van der Waals surface area contributed by atoms with Gasteiger partial charge in [-0.25, -0.2) is 17.5 Å². The van der Waals surface area contributed by atoms with Crippen LogP contribution >= 0.6 is 0 Å². The molecule has 4 aromatic rings. The number of hydrogen-bond donors (Lipinski definition) is 1. The summed E-state index contributed by atoms with van der Waals surface area (Å²) in [6.07, 6.45) is 8.34. The van der Waals surface area contributed by atoms with E-state index >= 15 is 0 Å². The number of aliphatic hydroxyl groups excluding tert-OH is 1. The van der Waals surface area contributed by atoms with Crippen molar-refractivity contribution in [3.05, 3.63) is 72.4 Å². The monoisotopic (exact) mass is 509 g/mol. The second-order valence-corrected chi connectivity index (χ2v) is 11.8. The maximum atomic E-state index is 13.4. The molecule has 1 N–H and O–H groups in total. The van der Waals surface area contributed by atoms with Crippen LogP contribution in [0.25, 0.3) is 16.6 Å². The van der Waals surface area contributed by atoms with Gasteiger partial charge in [0.1, 0.15) is 10.7 Å². The first-order chi connectivity index (χ1) is 17.4. The van der Waals surface area contributed by atoms with Crippen molar-refractivity contribution in [1.29, 1.82) is 0 Å². The number of halogens is 1. The number of piperidine rings is 1. The molecule has 2 aromatic heterocycles. The lowest BCUT2D eigenvalue weighted by molar-refractivity contribution is 0.144. The fourth-order valence-electron chi connectivity index (χ4n) is 5.19. The zero-order chi connectivity index (χ0) is 24.9. The third kappa shape index (κ3) is 4.33. The SMILES string of the molecule is O=S(=O)(c1cnn(CC2CC2)c1)N1CCC(c2ccc3c(cnn3-c3ccc(F)cc3)c2)C[C@H]1CO. The second-order valence-electron chi connectivity index (χ2n) is 9.87. The highest BCUT2D eigenvalue weighted by Gasteiger charge is 2.38. The van der Waals surface area contributed by atoms with Gasteiger partial charge in [-0.2, -0.15) is 14.5 Å². The summed E-state index contributed by atoms with van der Waals surface area (Å²) >= 11 is 0. The van der Waals surface area contributed by atoms with Crippen molar-refractivity contribution >= 4 is 20.9 Å². The van der Waals surface area contributed by atoms with Crippen molar-refractivity contribution in [2.24, 2.45) is 5.92 Å². The summed E-state index contributed by atoms with van der Waals surface area (Å²) < 4.78 is 45.0. The predicted octanol–water partition coefficient (Wildman–Crippen LogP) is 3.70. The number of sulfonamides is 1. The Labute approximate surface area is 209 Å². The van der Waals surface area contributed by atoms with Crippen LogP contribution in [0.5, 0.6) is 0 Å². The number of aromatic nitrogens is 4. The summed E-state index contributed by atoms with van der Waals surface area (Å²) in [4.78, 5) is 0.190. The van der Waals surface area contributed by atoms with E-state index in [0.29, 0.717) is 25.3 Å². The topological polar surface area (TPSA) is 93.3 Å². The third-order valence-corrected chi connectivity index (χ3v) is 9.27. The molecule has 0 radical (unpaired) electrons. The molecule has 2 aromatic carbocycles. The van der Waals surface area contributed by atoms with Gasteiger partial charge in [-0.15, -0.1) is 0 Å². The zero-order valence-corrected chi connectivity index (χ0v) is 20.6. The second kappa shape index (κ2) is 9.10. The summed E-state index contributed by atoms with van der Waals surface area (Å²) in [5, 5.41) is 19.8. The molecule has 0 amide bonds. The van der Waals surface area contributed by atoms with E-state index in [1.54, 1.807) is 33.9 Å². The molecule has 3 heterocycles. The van der Waals surface area contributed by atoms with Gasteiger partial charge in [0.05, 0.1) is 30.2 Å². The Morgan fingerprint density at radius 1 is 1.03 bits per heavy atom. The first kappa shape index (κ1) is 23.3. The van der Waals surface area contributed by atoms with Gasteiger partial charge < -0.3 is 5.11 Å². The minimum absolute atomic E-state index is 0.116. The molecule has 8 nitrogen and oxygen atoms in total. The van der Waals surface area contributed by atoms with E-state index in [-0.39, 0.29) is 23.2 Å². The minimum Gasteiger partial charge on any atom is -0.395 e. The number of nitrogens with zero attached hydrogens (tertiary/aromatic N) is 5. The van der Waals surface area contributed by atoms with Crippen molar-refractivity contribution in [2.45, 2.75) is 49.1 Å². The molecular weight excluding hydrogens is 481 g/mol. The van der Waals surface area contributed by atoms with Crippen LogP contribution < -0.4 is 0 Å². The summed E-state index contributed by atoms with van der Waals surface area (Å²) in [5.41, 5.74) is 2.78. The van der Waals surface area contributed by atoms with E-state index < -0.39 is 16.1 Å². The first-order valence-electron chi connectivity index (χ1n) is 12.3. The van der Waals surface area contributed by atoms with Gasteiger partial charge in [0, 0.05) is 30.7 Å². The highest BCUT2D eigenvalue weighted by atomic mass is 32.2. The van der Waals surface area contributed by atoms with E-state index in [1.165, 1.54) is 35.5 Å². The maximum absolute atomic E-state index is 13.4. The molecule has 188 valence electrons. The fourth-order valence-corrected chi connectivity index (χ4v) is 6.78. The van der Waals surface area contributed by atoms with Crippen molar-refractivity contribution in [3.63, 3.8) is 0 Å². The molecule has 0 spiro atoms. The number of hydrogen-bond acceptors (Lipinski definition) is 5. The summed E-state index contributed by atoms with van der Waals surface area (Å²) in [5.74, 6) is 0.419. The number of fused-ring (bicyclic) bond motifs is 1. The van der Waals surface area contributed by atoms with E-state index in [9.17, 15) is 17.9 Å². The molecule has 1 aliphatic heterocycles. The van der Waals surface area contributed by atoms with Crippen LogP contribution in [0.2, 0.25) is 0 Å². The van der Waals surface area contributed by atoms with E-state index in [1.807, 2.05) is 12.1 Å². The zero-order valence-electron chi connectivity index (χ0n) is 19.7. The van der Waals surface area contributed by atoms with Gasteiger partial charge in [-0.3, -0.25) is 4.68 Å². The average molecular weight is 510 g/mol. The van der Waals surface area contributed by atoms with Crippen molar-refractivity contribution < 1.29 is 17.9 Å². The largest absolute Gasteiger partial charge is 0.395 e. The van der Waals surface area contributed by atoms with Crippen molar-refractivity contribution in [3.8, 4) is 5.69 Å². The molecule has 1 aliphatic carbocycles. The van der Waals surface area contributed by atoms with Gasteiger partial charge in [0.15, 0.2) is 0 Å². The van der Waals surface area contributed by atoms with E-state index in [2.05, 4.69) is 16.3 Å². The molecule has 6 rings (SSSR count). The Morgan fingerprint density at radius 2 is 1.83 bits per heavy atom. The van der Waals surface area contributed by atoms with Gasteiger partial charge in [0.25, 0.3) is 0 Å². The lowest BCUT2D eigenvalue weighted by atomic mass is 9.86. The molecule has 0 bridgehead atoms. The van der Waals surface area contributed by atoms with Crippen LogP contribution in [0.3, 0.4) is 0 Å². The molecule has 2 aliphatic rings. The van der Waals surface area contributed by atoms with Crippen molar-refractivity contribution in [1.82, 2.24) is 23.9 Å². The molecule has 2 fully saturated rings. The highest BCUT2D eigenvalue weighted by Crippen LogP contribution is 2.36. The number of rotatable bonds is 7. The summed E-state index contributed by atoms with van der Waals surface area (Å²) in [6, 6.07) is 11.8. The van der Waals surface area contributed by atoms with Crippen LogP contribution in [0, 0.1) is 11.7 Å². The van der Waals surface area contributed by atoms with Crippen LogP contribution in [0.15, 0.2) is 66.0 Å². The normalized spacial score (nSPS) is 21.3. The van der Waals surface area contributed by atoms with E-state index in [0.717, 1.165) is 28.7 Å². The quantitative estimate of drug-likeness (QED) is 0.410. The maximum Gasteiger partial charge on any atom is 0.246 e. The Morgan fingerprint density at radius 3 is 2.58 bits per heavy atom. The summed E-state index contributed by atoms with van der Waals surface area (Å²) in [7, 11) is -3.74. The number of aliphatic hydroxyl groups is 1.